The van der Waals surface area contributed by atoms with Crippen LogP contribution in [0.5, 0.6) is 0 Å². The lowest BCUT2D eigenvalue weighted by Gasteiger charge is -2.21. The van der Waals surface area contributed by atoms with Crippen LogP contribution in [0.15, 0.2) is 23.4 Å². The monoisotopic (exact) mass is 499 g/mol. The molecule has 15 heteroatoms. The number of aliphatic hydroxyl groups is 1. The summed E-state index contributed by atoms with van der Waals surface area (Å²) in [6.45, 7) is 0.708. The Morgan fingerprint density at radius 2 is 2.09 bits per heavy atom. The van der Waals surface area contributed by atoms with Crippen molar-refractivity contribution in [3.8, 4) is 16.9 Å². The van der Waals surface area contributed by atoms with Crippen molar-refractivity contribution in [3.05, 3.63) is 23.5 Å². The number of fused-ring (bicyclic) bond motifs is 1. The minimum Gasteiger partial charge on any atom is -0.391 e. The number of imidazole rings is 1. The third-order valence-corrected chi connectivity index (χ3v) is 8.03. The SMILES string of the molecule is N#CC1(NS(=O)(=O)c2cc(N3CC[C@@H](O)C3)c3cnc(-c4nnc(C(F)(F)F)s4)n3c2)CC1. The molecule has 174 valence electrons. The lowest BCUT2D eigenvalue weighted by atomic mass is 10.3. The van der Waals surface area contributed by atoms with Gasteiger partial charge in [-0.3, -0.25) is 4.40 Å². The maximum Gasteiger partial charge on any atom is 0.445 e. The molecule has 0 spiro atoms. The Morgan fingerprint density at radius 1 is 1.33 bits per heavy atom. The number of nitrogens with one attached hydrogen (secondary N) is 1. The van der Waals surface area contributed by atoms with Gasteiger partial charge in [0.05, 0.1) is 29.6 Å². The van der Waals surface area contributed by atoms with Gasteiger partial charge in [0.2, 0.25) is 15.0 Å². The van der Waals surface area contributed by atoms with Crippen LogP contribution in [0.2, 0.25) is 0 Å². The molecule has 0 amide bonds. The van der Waals surface area contributed by atoms with Gasteiger partial charge in [-0.1, -0.05) is 11.3 Å². The maximum atomic E-state index is 13.1. The Bertz CT molecular complexity index is 1390. The fraction of sp³-hybridized carbons (Fsp3) is 0.444. The molecule has 33 heavy (non-hydrogen) atoms. The zero-order chi connectivity index (χ0) is 23.6. The van der Waals surface area contributed by atoms with E-state index in [2.05, 4.69) is 19.9 Å². The van der Waals surface area contributed by atoms with E-state index in [0.29, 0.717) is 48.3 Å². The summed E-state index contributed by atoms with van der Waals surface area (Å²) in [7, 11) is -4.14. The summed E-state index contributed by atoms with van der Waals surface area (Å²) in [5.41, 5.74) is -0.282. The van der Waals surface area contributed by atoms with Gasteiger partial charge in [-0.15, -0.1) is 10.2 Å². The second kappa shape index (κ2) is 7.35. The van der Waals surface area contributed by atoms with Crippen LogP contribution >= 0.6 is 11.3 Å². The second-order valence-corrected chi connectivity index (χ2v) is 10.7. The van der Waals surface area contributed by atoms with Crippen LogP contribution in [0.4, 0.5) is 18.9 Å². The molecule has 0 unspecified atom stereocenters. The van der Waals surface area contributed by atoms with Gasteiger partial charge in [0.1, 0.15) is 10.4 Å². The molecule has 0 bridgehead atoms. The van der Waals surface area contributed by atoms with Gasteiger partial charge in [0.25, 0.3) is 0 Å². The molecular formula is C18H16F3N7O3S2. The Morgan fingerprint density at radius 3 is 2.67 bits per heavy atom. The van der Waals surface area contributed by atoms with Crippen molar-refractivity contribution in [1.82, 2.24) is 24.3 Å². The Labute approximate surface area is 189 Å². The number of sulfonamides is 1. The van der Waals surface area contributed by atoms with Crippen molar-refractivity contribution in [3.63, 3.8) is 0 Å². The highest BCUT2D eigenvalue weighted by Gasteiger charge is 2.47. The van der Waals surface area contributed by atoms with Crippen LogP contribution in [0.25, 0.3) is 16.3 Å². The van der Waals surface area contributed by atoms with Gasteiger partial charge < -0.3 is 10.0 Å². The summed E-state index contributed by atoms with van der Waals surface area (Å²) in [6, 6.07) is 3.38. The van der Waals surface area contributed by atoms with E-state index in [9.17, 15) is 32.0 Å². The minimum absolute atomic E-state index is 0.00235. The van der Waals surface area contributed by atoms with Gasteiger partial charge in [-0.05, 0) is 25.3 Å². The number of aromatic nitrogens is 4. The third-order valence-electron chi connectivity index (χ3n) is 5.56. The van der Waals surface area contributed by atoms with Gasteiger partial charge in [-0.25, -0.2) is 13.4 Å². The molecule has 1 saturated heterocycles. The van der Waals surface area contributed by atoms with Gasteiger partial charge in [-0.2, -0.15) is 23.2 Å². The van der Waals surface area contributed by atoms with Crippen molar-refractivity contribution in [2.75, 3.05) is 18.0 Å². The molecule has 2 aliphatic rings. The number of β-amino-alcohol motifs (C(OH)–C–C–N with tert-alkyl or cyclic N) is 1. The third kappa shape index (κ3) is 3.92. The smallest absolute Gasteiger partial charge is 0.391 e. The van der Waals surface area contributed by atoms with E-state index in [1.807, 2.05) is 6.07 Å². The normalized spacial score (nSPS) is 20.3. The molecule has 0 radical (unpaired) electrons. The van der Waals surface area contributed by atoms with Crippen molar-refractivity contribution >= 4 is 32.6 Å². The van der Waals surface area contributed by atoms with Crippen molar-refractivity contribution in [2.45, 2.75) is 42.0 Å². The molecule has 2 fully saturated rings. The van der Waals surface area contributed by atoms with Gasteiger partial charge in [0, 0.05) is 19.3 Å². The molecular weight excluding hydrogens is 483 g/mol. The van der Waals surface area contributed by atoms with Gasteiger partial charge >= 0.3 is 6.18 Å². The summed E-state index contributed by atoms with van der Waals surface area (Å²) in [6.07, 6.45) is -1.38. The molecule has 5 rings (SSSR count). The summed E-state index contributed by atoms with van der Waals surface area (Å²) in [4.78, 5) is 5.78. The first-order valence-electron chi connectivity index (χ1n) is 9.82. The fourth-order valence-electron chi connectivity index (χ4n) is 3.68. The van der Waals surface area contributed by atoms with E-state index in [0.717, 1.165) is 0 Å². The highest BCUT2D eigenvalue weighted by Crippen LogP contribution is 2.38. The average molecular weight is 500 g/mol. The van der Waals surface area contributed by atoms with Crippen molar-refractivity contribution in [1.29, 1.82) is 5.26 Å². The molecule has 1 aliphatic heterocycles. The summed E-state index contributed by atoms with van der Waals surface area (Å²) < 4.78 is 69.0. The van der Waals surface area contributed by atoms with E-state index in [-0.39, 0.29) is 22.3 Å². The second-order valence-electron chi connectivity index (χ2n) is 8.00. The first-order chi connectivity index (χ1) is 15.5. The molecule has 0 aromatic carbocycles. The maximum absolute atomic E-state index is 13.1. The number of rotatable bonds is 5. The number of pyridine rings is 1. The lowest BCUT2D eigenvalue weighted by Crippen LogP contribution is -2.35. The van der Waals surface area contributed by atoms with E-state index < -0.39 is 32.9 Å². The molecule has 1 saturated carbocycles. The number of nitriles is 1. The van der Waals surface area contributed by atoms with Crippen molar-refractivity contribution in [2.24, 2.45) is 0 Å². The number of anilines is 1. The summed E-state index contributed by atoms with van der Waals surface area (Å²) in [5, 5.41) is 24.7. The molecule has 4 heterocycles. The first-order valence-corrected chi connectivity index (χ1v) is 12.1. The predicted molar refractivity (Wildman–Crippen MR) is 110 cm³/mol. The number of hydrogen-bond acceptors (Lipinski definition) is 9. The standard InChI is InChI=1S/C18H16F3N7O3S2/c19-18(20,21)16-25-24-15(32-16)14-23-6-13-12(27-4-1-10(29)7-27)5-11(8-28(13)14)33(30,31)26-17(9-22)2-3-17/h5-6,8,10,26,29H,1-4,7H2/t10-/m1/s1. The molecule has 1 aliphatic carbocycles. The summed E-state index contributed by atoms with van der Waals surface area (Å²) in [5.74, 6) is -0.00235. The highest BCUT2D eigenvalue weighted by molar-refractivity contribution is 7.89. The van der Waals surface area contributed by atoms with E-state index >= 15 is 0 Å². The van der Waals surface area contributed by atoms with Crippen LogP contribution < -0.4 is 9.62 Å². The number of nitrogens with zero attached hydrogens (tertiary/aromatic N) is 6. The Hall–Kier alpha value is -2.80. The predicted octanol–water partition coefficient (Wildman–Crippen LogP) is 1.78. The van der Waals surface area contributed by atoms with E-state index in [1.54, 1.807) is 4.90 Å². The molecule has 2 N–H and O–H groups in total. The molecule has 1 atom stereocenters. The zero-order valence-corrected chi connectivity index (χ0v) is 18.4. The molecule has 3 aromatic rings. The minimum atomic E-state index is -4.67. The van der Waals surface area contributed by atoms with Crippen LogP contribution in [0, 0.1) is 11.3 Å². The first kappa shape index (κ1) is 22.0. The van der Waals surface area contributed by atoms with Crippen LogP contribution in [0.3, 0.4) is 0 Å². The lowest BCUT2D eigenvalue weighted by molar-refractivity contribution is -0.138. The Balaban J connectivity index is 1.66. The quantitative estimate of drug-likeness (QED) is 0.542. The summed E-state index contributed by atoms with van der Waals surface area (Å²) >= 11 is 0.296. The highest BCUT2D eigenvalue weighted by atomic mass is 32.2. The zero-order valence-electron chi connectivity index (χ0n) is 16.7. The molecule has 3 aromatic heterocycles. The van der Waals surface area contributed by atoms with Crippen LogP contribution in [-0.2, 0) is 16.2 Å². The van der Waals surface area contributed by atoms with E-state index in [4.69, 9.17) is 0 Å². The van der Waals surface area contributed by atoms with Gasteiger partial charge in [0.15, 0.2) is 10.8 Å². The van der Waals surface area contributed by atoms with Crippen LogP contribution in [-0.4, -0.2) is 57.8 Å². The topological polar surface area (TPSA) is 137 Å². The number of halogens is 3. The number of aliphatic hydroxyl groups excluding tert-OH is 1. The van der Waals surface area contributed by atoms with E-state index in [1.165, 1.54) is 22.9 Å². The van der Waals surface area contributed by atoms with Crippen LogP contribution in [0.1, 0.15) is 24.3 Å². The van der Waals surface area contributed by atoms with Crippen molar-refractivity contribution < 1.29 is 26.7 Å². The molecule has 10 nitrogen and oxygen atoms in total. The number of alkyl halides is 3. The average Bonchev–Trinajstić information content (AvgIpc) is 3.14. The fourth-order valence-corrected chi connectivity index (χ4v) is 5.78. The number of hydrogen-bond donors (Lipinski definition) is 2. The Kier molecular flexibility index (Phi) is 4.90. The largest absolute Gasteiger partial charge is 0.445 e.